The van der Waals surface area contributed by atoms with Gasteiger partial charge >= 0.3 is 5.97 Å². The maximum absolute atomic E-state index is 11.5. The van der Waals surface area contributed by atoms with E-state index in [0.29, 0.717) is 19.1 Å². The molecule has 1 heterocycles. The van der Waals surface area contributed by atoms with Crippen LogP contribution in [0.1, 0.15) is 13.3 Å². The van der Waals surface area contributed by atoms with Crippen LogP contribution in [0.3, 0.4) is 0 Å². The van der Waals surface area contributed by atoms with Crippen molar-refractivity contribution in [2.24, 2.45) is 0 Å². The number of ether oxygens (including phenoxy) is 1. The van der Waals surface area contributed by atoms with Crippen LogP contribution in [0.5, 0.6) is 0 Å². The first-order valence-corrected chi connectivity index (χ1v) is 4.71. The zero-order valence-corrected chi connectivity index (χ0v) is 8.58. The maximum Gasteiger partial charge on any atom is 0.315 e. The van der Waals surface area contributed by atoms with Crippen molar-refractivity contribution in [1.82, 2.24) is 10.2 Å². The zero-order valence-electron chi connectivity index (χ0n) is 8.58. The second-order valence-corrected chi connectivity index (χ2v) is 3.45. The van der Waals surface area contributed by atoms with Crippen LogP contribution in [0.25, 0.3) is 0 Å². The lowest BCUT2D eigenvalue weighted by molar-refractivity contribution is -0.147. The minimum atomic E-state index is -0.471. The van der Waals surface area contributed by atoms with Crippen molar-refractivity contribution in [3.05, 3.63) is 0 Å². The smallest absolute Gasteiger partial charge is 0.315 e. The van der Waals surface area contributed by atoms with Gasteiger partial charge in [0.1, 0.15) is 6.42 Å². The molecule has 0 aromatic heterocycles. The Kier molecular flexibility index (Phi) is 3.88. The Bertz CT molecular complexity index is 230. The van der Waals surface area contributed by atoms with E-state index in [2.05, 4.69) is 10.1 Å². The van der Waals surface area contributed by atoms with E-state index in [-0.39, 0.29) is 12.3 Å². The standard InChI is InChI=1S/C9H16N2O3/c1-7-6-11(4-3-10-7)8(12)5-9(13)14-2/h7,10H,3-6H2,1-2H3. The Balaban J connectivity index is 2.39. The molecule has 0 aliphatic carbocycles. The first-order chi connectivity index (χ1) is 6.63. The fourth-order valence-corrected chi connectivity index (χ4v) is 1.47. The summed E-state index contributed by atoms with van der Waals surface area (Å²) in [5.41, 5.74) is 0. The molecule has 0 bridgehead atoms. The molecule has 1 N–H and O–H groups in total. The summed E-state index contributed by atoms with van der Waals surface area (Å²) in [6, 6.07) is 0.297. The van der Waals surface area contributed by atoms with Gasteiger partial charge in [-0.25, -0.2) is 0 Å². The molecular formula is C9H16N2O3. The predicted octanol–water partition coefficient (Wildman–Crippen LogP) is -0.630. The first-order valence-electron chi connectivity index (χ1n) is 4.71. The van der Waals surface area contributed by atoms with Gasteiger partial charge in [0.25, 0.3) is 0 Å². The summed E-state index contributed by atoms with van der Waals surface area (Å²) in [6.45, 7) is 4.13. The molecule has 1 saturated heterocycles. The molecule has 0 aromatic rings. The number of esters is 1. The minimum absolute atomic E-state index is 0.148. The van der Waals surface area contributed by atoms with Crippen LogP contribution in [-0.2, 0) is 14.3 Å². The number of amides is 1. The number of nitrogens with zero attached hydrogens (tertiary/aromatic N) is 1. The second-order valence-electron chi connectivity index (χ2n) is 3.45. The largest absolute Gasteiger partial charge is 0.469 e. The van der Waals surface area contributed by atoms with Crippen LogP contribution in [0.2, 0.25) is 0 Å². The van der Waals surface area contributed by atoms with Gasteiger partial charge in [-0.3, -0.25) is 9.59 Å². The van der Waals surface area contributed by atoms with Crippen LogP contribution in [-0.4, -0.2) is 49.6 Å². The fraction of sp³-hybridized carbons (Fsp3) is 0.778. The third-order valence-electron chi connectivity index (χ3n) is 2.24. The topological polar surface area (TPSA) is 58.6 Å². The SMILES string of the molecule is COC(=O)CC(=O)N1CCNC(C)C1. The third-order valence-corrected chi connectivity index (χ3v) is 2.24. The molecule has 1 rings (SSSR count). The second kappa shape index (κ2) is 4.95. The molecule has 1 unspecified atom stereocenters. The van der Waals surface area contributed by atoms with E-state index in [1.165, 1.54) is 7.11 Å². The van der Waals surface area contributed by atoms with Gasteiger partial charge in [-0.05, 0) is 6.92 Å². The number of nitrogens with one attached hydrogen (secondary N) is 1. The van der Waals surface area contributed by atoms with Crippen LogP contribution >= 0.6 is 0 Å². The number of methoxy groups -OCH3 is 1. The molecule has 1 amide bonds. The molecule has 5 heteroatoms. The maximum atomic E-state index is 11.5. The molecule has 0 spiro atoms. The Hall–Kier alpha value is -1.10. The summed E-state index contributed by atoms with van der Waals surface area (Å²) < 4.78 is 4.44. The van der Waals surface area contributed by atoms with Gasteiger partial charge in [0, 0.05) is 25.7 Å². The van der Waals surface area contributed by atoms with Crippen molar-refractivity contribution in [2.75, 3.05) is 26.7 Å². The Labute approximate surface area is 83.4 Å². The van der Waals surface area contributed by atoms with E-state index in [9.17, 15) is 9.59 Å². The molecule has 1 aliphatic heterocycles. The lowest BCUT2D eigenvalue weighted by Gasteiger charge is -2.31. The van der Waals surface area contributed by atoms with E-state index in [1.807, 2.05) is 6.92 Å². The molecule has 0 saturated carbocycles. The molecule has 0 radical (unpaired) electrons. The van der Waals surface area contributed by atoms with E-state index < -0.39 is 5.97 Å². The molecule has 1 aliphatic rings. The van der Waals surface area contributed by atoms with Crippen LogP contribution in [0.4, 0.5) is 0 Å². The molecule has 5 nitrogen and oxygen atoms in total. The summed E-state index contributed by atoms with van der Waals surface area (Å²) in [7, 11) is 1.29. The average Bonchev–Trinajstić information content (AvgIpc) is 2.17. The minimum Gasteiger partial charge on any atom is -0.469 e. The number of carbonyl (C=O) groups is 2. The van der Waals surface area contributed by atoms with Crippen molar-refractivity contribution < 1.29 is 14.3 Å². The number of hydrogen-bond donors (Lipinski definition) is 1. The Morgan fingerprint density at radius 1 is 1.57 bits per heavy atom. The average molecular weight is 200 g/mol. The van der Waals surface area contributed by atoms with Crippen molar-refractivity contribution in [1.29, 1.82) is 0 Å². The molecule has 14 heavy (non-hydrogen) atoms. The van der Waals surface area contributed by atoms with Gasteiger partial charge in [0.2, 0.25) is 5.91 Å². The summed E-state index contributed by atoms with van der Waals surface area (Å²) >= 11 is 0. The van der Waals surface area contributed by atoms with Gasteiger partial charge in [-0.2, -0.15) is 0 Å². The van der Waals surface area contributed by atoms with E-state index in [1.54, 1.807) is 4.90 Å². The van der Waals surface area contributed by atoms with Crippen LogP contribution in [0, 0.1) is 0 Å². The highest BCUT2D eigenvalue weighted by molar-refractivity contribution is 5.94. The van der Waals surface area contributed by atoms with Gasteiger partial charge in [0.05, 0.1) is 7.11 Å². The highest BCUT2D eigenvalue weighted by Gasteiger charge is 2.22. The number of hydrogen-bond acceptors (Lipinski definition) is 4. The predicted molar refractivity (Wildman–Crippen MR) is 50.7 cm³/mol. The van der Waals surface area contributed by atoms with E-state index in [4.69, 9.17) is 0 Å². The third kappa shape index (κ3) is 2.99. The van der Waals surface area contributed by atoms with Crippen molar-refractivity contribution in [2.45, 2.75) is 19.4 Å². The van der Waals surface area contributed by atoms with Crippen molar-refractivity contribution >= 4 is 11.9 Å². The number of piperazine rings is 1. The molecule has 0 aromatic carbocycles. The Morgan fingerprint density at radius 3 is 2.86 bits per heavy atom. The van der Waals surface area contributed by atoms with Gasteiger partial charge in [-0.1, -0.05) is 0 Å². The van der Waals surface area contributed by atoms with Crippen LogP contribution < -0.4 is 5.32 Å². The summed E-state index contributed by atoms with van der Waals surface area (Å²) in [5.74, 6) is -0.619. The summed E-state index contributed by atoms with van der Waals surface area (Å²) in [6.07, 6.45) is -0.150. The zero-order chi connectivity index (χ0) is 10.6. The fourth-order valence-electron chi connectivity index (χ4n) is 1.47. The van der Waals surface area contributed by atoms with Gasteiger partial charge in [-0.15, -0.1) is 0 Å². The van der Waals surface area contributed by atoms with Crippen molar-refractivity contribution in [3.8, 4) is 0 Å². The summed E-state index contributed by atoms with van der Waals surface area (Å²) in [5, 5.41) is 3.22. The highest BCUT2D eigenvalue weighted by Crippen LogP contribution is 2.01. The van der Waals surface area contributed by atoms with Gasteiger partial charge < -0.3 is 15.0 Å². The van der Waals surface area contributed by atoms with Gasteiger partial charge in [0.15, 0.2) is 0 Å². The summed E-state index contributed by atoms with van der Waals surface area (Å²) in [4.78, 5) is 24.1. The van der Waals surface area contributed by atoms with Crippen molar-refractivity contribution in [3.63, 3.8) is 0 Å². The van der Waals surface area contributed by atoms with Crippen LogP contribution in [0.15, 0.2) is 0 Å². The number of rotatable bonds is 2. The molecule has 80 valence electrons. The van der Waals surface area contributed by atoms with E-state index in [0.717, 1.165) is 6.54 Å². The quantitative estimate of drug-likeness (QED) is 0.476. The Morgan fingerprint density at radius 2 is 2.29 bits per heavy atom. The molecule has 1 atom stereocenters. The molecule has 1 fully saturated rings. The van der Waals surface area contributed by atoms with E-state index >= 15 is 0 Å². The number of carbonyl (C=O) groups excluding carboxylic acids is 2. The molecular weight excluding hydrogens is 184 g/mol. The lowest BCUT2D eigenvalue weighted by Crippen LogP contribution is -2.51. The first kappa shape index (κ1) is 11.0. The highest BCUT2D eigenvalue weighted by atomic mass is 16.5. The normalized spacial score (nSPS) is 21.9. The monoisotopic (exact) mass is 200 g/mol. The lowest BCUT2D eigenvalue weighted by atomic mass is 10.2.